The van der Waals surface area contributed by atoms with Gasteiger partial charge in [0.1, 0.15) is 4.75 Å². The third-order valence-electron chi connectivity index (χ3n) is 2.53. The summed E-state index contributed by atoms with van der Waals surface area (Å²) in [5, 5.41) is 0.826. The highest BCUT2D eigenvalue weighted by Crippen LogP contribution is 2.46. The molecule has 1 aromatic heterocycles. The van der Waals surface area contributed by atoms with Crippen LogP contribution < -0.4 is 4.74 Å². The van der Waals surface area contributed by atoms with E-state index in [2.05, 4.69) is 15.9 Å². The van der Waals surface area contributed by atoms with Gasteiger partial charge in [0.2, 0.25) is 0 Å². The van der Waals surface area contributed by atoms with Gasteiger partial charge in [-0.25, -0.2) is 0 Å². The predicted octanol–water partition coefficient (Wildman–Crippen LogP) is 4.34. The van der Waals surface area contributed by atoms with Crippen LogP contribution in [0.1, 0.15) is 27.2 Å². The lowest BCUT2D eigenvalue weighted by Gasteiger charge is -2.24. The highest BCUT2D eigenvalue weighted by atomic mass is 79.9. The molecule has 1 rings (SSSR count). The van der Waals surface area contributed by atoms with Crippen LogP contribution in [-0.2, 0) is 9.53 Å². The number of thiophene rings is 1. The molecule has 0 N–H and O–H groups in total. The van der Waals surface area contributed by atoms with E-state index < -0.39 is 4.75 Å². The first-order valence-electron chi connectivity index (χ1n) is 5.66. The summed E-state index contributed by atoms with van der Waals surface area (Å²) in [6.07, 6.45) is 0.711. The zero-order chi connectivity index (χ0) is 13.8. The van der Waals surface area contributed by atoms with Gasteiger partial charge >= 0.3 is 5.97 Å². The Morgan fingerprint density at radius 3 is 2.67 bits per heavy atom. The van der Waals surface area contributed by atoms with Crippen molar-refractivity contribution in [3.63, 3.8) is 0 Å². The molecule has 102 valence electrons. The van der Waals surface area contributed by atoms with E-state index in [1.165, 1.54) is 23.1 Å². The minimum atomic E-state index is -0.561. The first kappa shape index (κ1) is 15.9. The number of carbonyl (C=O) groups excluding carboxylic acids is 1. The number of carbonyl (C=O) groups is 1. The summed E-state index contributed by atoms with van der Waals surface area (Å²) in [7, 11) is 1.64. The molecule has 0 aromatic carbocycles. The zero-order valence-electron chi connectivity index (χ0n) is 10.9. The van der Waals surface area contributed by atoms with Crippen molar-refractivity contribution >= 4 is 45.0 Å². The van der Waals surface area contributed by atoms with Crippen molar-refractivity contribution in [1.82, 2.24) is 0 Å². The van der Waals surface area contributed by atoms with E-state index in [-0.39, 0.29) is 5.97 Å². The van der Waals surface area contributed by atoms with Gasteiger partial charge in [0.25, 0.3) is 0 Å². The Kier molecular flexibility index (Phi) is 6.01. The van der Waals surface area contributed by atoms with Crippen LogP contribution in [0.2, 0.25) is 0 Å². The average Bonchev–Trinajstić information content (AvgIpc) is 2.70. The molecule has 0 aliphatic heterocycles. The van der Waals surface area contributed by atoms with Crippen LogP contribution in [0.5, 0.6) is 5.06 Å². The first-order chi connectivity index (χ1) is 8.46. The average molecular weight is 353 g/mol. The van der Waals surface area contributed by atoms with Gasteiger partial charge in [-0.15, -0.1) is 0 Å². The van der Waals surface area contributed by atoms with E-state index in [0.717, 1.165) is 13.7 Å². The SMILES string of the molecule is CCOC(=O)C(C)(CC)Sc1sc(OC)cc1Br. The standard InChI is InChI=1S/C12H17BrO3S2/c1-5-12(3,11(14)16-6-2)18-10-8(13)7-9(15-4)17-10/h7H,5-6H2,1-4H3. The number of halogens is 1. The Morgan fingerprint density at radius 2 is 2.22 bits per heavy atom. The molecule has 18 heavy (non-hydrogen) atoms. The van der Waals surface area contributed by atoms with Gasteiger partial charge in [0.05, 0.1) is 17.9 Å². The van der Waals surface area contributed by atoms with Crippen LogP contribution in [-0.4, -0.2) is 24.4 Å². The molecular weight excluding hydrogens is 336 g/mol. The summed E-state index contributed by atoms with van der Waals surface area (Å²) in [5.74, 6) is -0.170. The number of esters is 1. The third kappa shape index (κ3) is 3.65. The summed E-state index contributed by atoms with van der Waals surface area (Å²) < 4.78 is 11.8. The number of hydrogen-bond donors (Lipinski definition) is 0. The number of rotatable bonds is 6. The Hall–Kier alpha value is -0.200. The molecule has 0 aliphatic rings. The quantitative estimate of drug-likeness (QED) is 0.563. The maximum Gasteiger partial charge on any atom is 0.322 e. The van der Waals surface area contributed by atoms with Gasteiger partial charge in [-0.05, 0) is 36.2 Å². The minimum Gasteiger partial charge on any atom is -0.487 e. The van der Waals surface area contributed by atoms with Crippen LogP contribution >= 0.6 is 39.0 Å². The lowest BCUT2D eigenvalue weighted by atomic mass is 10.1. The maximum absolute atomic E-state index is 12.0. The fraction of sp³-hybridized carbons (Fsp3) is 0.583. The second-order valence-corrected chi connectivity index (χ2v) is 7.45. The van der Waals surface area contributed by atoms with E-state index in [4.69, 9.17) is 9.47 Å². The summed E-state index contributed by atoms with van der Waals surface area (Å²) in [6.45, 7) is 6.13. The normalized spacial score (nSPS) is 14.1. The molecule has 0 bridgehead atoms. The molecule has 6 heteroatoms. The molecule has 1 unspecified atom stereocenters. The lowest BCUT2D eigenvalue weighted by molar-refractivity contribution is -0.145. The molecule has 0 spiro atoms. The summed E-state index contributed by atoms with van der Waals surface area (Å²) in [6, 6.07) is 1.91. The molecule has 1 heterocycles. The number of hydrogen-bond acceptors (Lipinski definition) is 5. The van der Waals surface area contributed by atoms with Gasteiger partial charge in [0, 0.05) is 10.5 Å². The van der Waals surface area contributed by atoms with Crippen molar-refractivity contribution in [3.05, 3.63) is 10.5 Å². The van der Waals surface area contributed by atoms with Crippen LogP contribution in [0.15, 0.2) is 14.7 Å². The van der Waals surface area contributed by atoms with Gasteiger partial charge in [-0.3, -0.25) is 4.79 Å². The lowest BCUT2D eigenvalue weighted by Crippen LogP contribution is -2.32. The van der Waals surface area contributed by atoms with Crippen LogP contribution in [0.4, 0.5) is 0 Å². The zero-order valence-corrected chi connectivity index (χ0v) is 14.1. The van der Waals surface area contributed by atoms with Gasteiger partial charge in [-0.1, -0.05) is 30.0 Å². The minimum absolute atomic E-state index is 0.170. The van der Waals surface area contributed by atoms with Gasteiger partial charge in [-0.2, -0.15) is 0 Å². The van der Waals surface area contributed by atoms with E-state index in [9.17, 15) is 4.79 Å². The molecule has 0 radical (unpaired) electrons. The van der Waals surface area contributed by atoms with Crippen molar-refractivity contribution in [2.75, 3.05) is 13.7 Å². The Labute approximate surface area is 124 Å². The highest BCUT2D eigenvalue weighted by molar-refractivity contribution is 9.10. The molecule has 1 atom stereocenters. The fourth-order valence-electron chi connectivity index (χ4n) is 1.25. The number of ether oxygens (including phenoxy) is 2. The van der Waals surface area contributed by atoms with Crippen LogP contribution in [0, 0.1) is 0 Å². The molecule has 0 saturated carbocycles. The molecule has 0 aliphatic carbocycles. The number of thioether (sulfide) groups is 1. The van der Waals surface area contributed by atoms with Crippen molar-refractivity contribution in [2.24, 2.45) is 0 Å². The van der Waals surface area contributed by atoms with Gasteiger partial charge < -0.3 is 9.47 Å². The molecule has 1 aromatic rings. The van der Waals surface area contributed by atoms with Crippen LogP contribution in [0.3, 0.4) is 0 Å². The van der Waals surface area contributed by atoms with Crippen molar-refractivity contribution in [1.29, 1.82) is 0 Å². The molecule has 0 amide bonds. The van der Waals surface area contributed by atoms with Gasteiger partial charge in [0.15, 0.2) is 5.06 Å². The fourth-order valence-corrected chi connectivity index (χ4v) is 4.51. The van der Waals surface area contributed by atoms with Crippen molar-refractivity contribution < 1.29 is 14.3 Å². The van der Waals surface area contributed by atoms with E-state index >= 15 is 0 Å². The van der Waals surface area contributed by atoms with E-state index in [0.29, 0.717) is 13.0 Å². The number of methoxy groups -OCH3 is 1. The molecular formula is C12H17BrO3S2. The molecule has 3 nitrogen and oxygen atoms in total. The van der Waals surface area contributed by atoms with E-state index in [1.807, 2.05) is 26.8 Å². The smallest absolute Gasteiger partial charge is 0.322 e. The second-order valence-electron chi connectivity index (χ2n) is 3.81. The summed E-state index contributed by atoms with van der Waals surface area (Å²) in [5.41, 5.74) is 0. The predicted molar refractivity (Wildman–Crippen MR) is 79.8 cm³/mol. The summed E-state index contributed by atoms with van der Waals surface area (Å²) >= 11 is 6.53. The first-order valence-corrected chi connectivity index (χ1v) is 8.09. The largest absolute Gasteiger partial charge is 0.487 e. The highest BCUT2D eigenvalue weighted by Gasteiger charge is 2.35. The molecule has 0 saturated heterocycles. The molecule has 0 fully saturated rings. The van der Waals surface area contributed by atoms with Crippen molar-refractivity contribution in [3.8, 4) is 5.06 Å². The third-order valence-corrected chi connectivity index (χ3v) is 6.39. The van der Waals surface area contributed by atoms with E-state index in [1.54, 1.807) is 7.11 Å². The summed E-state index contributed by atoms with van der Waals surface area (Å²) in [4.78, 5) is 12.0. The Bertz CT molecular complexity index is 419. The Morgan fingerprint density at radius 1 is 1.56 bits per heavy atom. The topological polar surface area (TPSA) is 35.5 Å². The maximum atomic E-state index is 12.0. The van der Waals surface area contributed by atoms with Crippen LogP contribution in [0.25, 0.3) is 0 Å². The second kappa shape index (κ2) is 6.82. The Balaban J connectivity index is 2.90. The van der Waals surface area contributed by atoms with Crippen molar-refractivity contribution in [2.45, 2.75) is 36.1 Å². The monoisotopic (exact) mass is 352 g/mol.